The van der Waals surface area contributed by atoms with E-state index in [1.807, 2.05) is 30.4 Å². The Morgan fingerprint density at radius 1 is 0.903 bits per heavy atom. The summed E-state index contributed by atoms with van der Waals surface area (Å²) < 4.78 is 1.33. The predicted molar refractivity (Wildman–Crippen MR) is 129 cm³/mol. The van der Waals surface area contributed by atoms with Crippen LogP contribution < -0.4 is 0 Å². The number of phenolic OH excluding ortho intramolecular Hbond substituents is 1. The summed E-state index contributed by atoms with van der Waals surface area (Å²) >= 11 is 7.95. The number of phenols is 1. The van der Waals surface area contributed by atoms with Gasteiger partial charge in [0.1, 0.15) is 5.75 Å². The maximum atomic E-state index is 9.27. The Balaban J connectivity index is 0.000000182. The number of halogens is 1. The zero-order chi connectivity index (χ0) is 22.7. The molecule has 0 atom stereocenters. The molecule has 3 aromatic carbocycles. The van der Waals surface area contributed by atoms with Crippen LogP contribution in [0.2, 0.25) is 5.02 Å². The molecule has 0 saturated carbocycles. The van der Waals surface area contributed by atoms with Gasteiger partial charge >= 0.3 is 95.6 Å². The number of benzene rings is 3. The van der Waals surface area contributed by atoms with Crippen LogP contribution in [0.15, 0.2) is 97.1 Å². The van der Waals surface area contributed by atoms with Crippen LogP contribution in [0.3, 0.4) is 0 Å². The Hall–Kier alpha value is -2.19. The predicted octanol–water partition coefficient (Wildman–Crippen LogP) is 7.45. The molecule has 0 unspecified atom stereocenters. The number of hydrogen-bond acceptors (Lipinski definition) is 1. The zero-order valence-electron chi connectivity index (χ0n) is 18.3. The molecular formula is C28H28ClOTi. The van der Waals surface area contributed by atoms with Gasteiger partial charge in [-0.2, -0.15) is 6.08 Å². The fourth-order valence-corrected chi connectivity index (χ4v) is 3.47. The summed E-state index contributed by atoms with van der Waals surface area (Å²) in [4.78, 5) is 0. The minimum absolute atomic E-state index is 0.0301. The third-order valence-corrected chi connectivity index (χ3v) is 5.58. The van der Waals surface area contributed by atoms with E-state index in [0.29, 0.717) is 5.02 Å². The van der Waals surface area contributed by atoms with Crippen molar-refractivity contribution in [3.8, 4) is 5.75 Å². The zero-order valence-corrected chi connectivity index (χ0v) is 20.6. The van der Waals surface area contributed by atoms with Gasteiger partial charge in [-0.25, -0.2) is 12.2 Å². The van der Waals surface area contributed by atoms with E-state index < -0.39 is 0 Å². The summed E-state index contributed by atoms with van der Waals surface area (Å²) in [7, 11) is 0. The van der Waals surface area contributed by atoms with Crippen molar-refractivity contribution in [2.45, 2.75) is 32.6 Å². The van der Waals surface area contributed by atoms with Gasteiger partial charge in [0.2, 0.25) is 0 Å². The molecule has 0 amide bonds. The number of allylic oxidation sites excluding steroid dienone is 4. The van der Waals surface area contributed by atoms with E-state index in [-0.39, 0.29) is 11.2 Å². The summed E-state index contributed by atoms with van der Waals surface area (Å²) in [5.41, 5.74) is 3.66. The number of hydrogen-bond donors (Lipinski definition) is 1. The SMILES string of the molecule is CC(C)(C)c1cc(O)cc(Cl)c1.[C-]1=CC=CC1.[Ti+]=[C](c1ccccc1)c1ccccc1. The number of aromatic hydroxyl groups is 1. The first-order valence-electron chi connectivity index (χ1n) is 10.2. The topological polar surface area (TPSA) is 20.2 Å². The molecule has 0 radical (unpaired) electrons. The second-order valence-electron chi connectivity index (χ2n) is 8.06. The fraction of sp³-hybridized carbons (Fsp3) is 0.179. The van der Waals surface area contributed by atoms with Gasteiger partial charge in [0.25, 0.3) is 0 Å². The Morgan fingerprint density at radius 3 is 1.81 bits per heavy atom. The van der Waals surface area contributed by atoms with Crippen molar-refractivity contribution in [1.29, 1.82) is 0 Å². The van der Waals surface area contributed by atoms with E-state index in [0.717, 1.165) is 12.0 Å². The molecule has 3 aromatic rings. The van der Waals surface area contributed by atoms with E-state index in [2.05, 4.69) is 101 Å². The molecule has 0 fully saturated rings. The van der Waals surface area contributed by atoms with Gasteiger partial charge in [-0.1, -0.05) is 32.4 Å². The first-order chi connectivity index (χ1) is 14.8. The molecule has 0 saturated heterocycles. The molecule has 1 aliphatic rings. The fourth-order valence-electron chi connectivity index (χ4n) is 2.72. The second kappa shape index (κ2) is 12.6. The molecule has 0 bridgehead atoms. The van der Waals surface area contributed by atoms with Crippen molar-refractivity contribution in [2.24, 2.45) is 0 Å². The first kappa shape index (κ1) is 25.1. The Kier molecular flexibility index (Phi) is 10.2. The van der Waals surface area contributed by atoms with E-state index >= 15 is 0 Å². The summed E-state index contributed by atoms with van der Waals surface area (Å²) in [6, 6.07) is 26.1. The van der Waals surface area contributed by atoms with Crippen LogP contribution in [0.1, 0.15) is 43.9 Å². The van der Waals surface area contributed by atoms with Crippen LogP contribution in [-0.4, -0.2) is 8.92 Å². The summed E-state index contributed by atoms with van der Waals surface area (Å²) in [5, 5.41) is 9.86. The first-order valence-corrected chi connectivity index (χ1v) is 11.3. The third kappa shape index (κ3) is 9.23. The third-order valence-electron chi connectivity index (χ3n) is 4.46. The maximum absolute atomic E-state index is 9.27. The van der Waals surface area contributed by atoms with E-state index in [1.165, 1.54) is 21.0 Å². The molecule has 0 aromatic heterocycles. The monoisotopic (exact) mass is 463 g/mol. The van der Waals surface area contributed by atoms with E-state index in [9.17, 15) is 5.11 Å². The van der Waals surface area contributed by atoms with Gasteiger partial charge in [0.05, 0.1) is 0 Å². The average Bonchev–Trinajstić information content (AvgIpc) is 3.34. The van der Waals surface area contributed by atoms with Crippen LogP contribution in [0.5, 0.6) is 5.75 Å². The van der Waals surface area contributed by atoms with Gasteiger partial charge in [-0.05, 0) is 29.2 Å². The van der Waals surface area contributed by atoms with Crippen molar-refractivity contribution < 1.29 is 25.1 Å². The van der Waals surface area contributed by atoms with Crippen LogP contribution in [0.4, 0.5) is 0 Å². The molecule has 1 nitrogen and oxygen atoms in total. The van der Waals surface area contributed by atoms with Gasteiger partial charge < -0.3 is 5.11 Å². The summed E-state index contributed by atoms with van der Waals surface area (Å²) in [6.45, 7) is 6.24. The van der Waals surface area contributed by atoms with E-state index in [4.69, 9.17) is 11.6 Å². The summed E-state index contributed by atoms with van der Waals surface area (Å²) in [5.74, 6) is 0.229. The van der Waals surface area contributed by atoms with Gasteiger partial charge in [-0.3, -0.25) is 6.08 Å². The molecule has 1 aliphatic carbocycles. The second-order valence-corrected chi connectivity index (χ2v) is 9.28. The van der Waals surface area contributed by atoms with Crippen LogP contribution in [0.25, 0.3) is 0 Å². The van der Waals surface area contributed by atoms with Crippen LogP contribution >= 0.6 is 11.6 Å². The van der Waals surface area contributed by atoms with Crippen LogP contribution in [-0.2, 0) is 25.4 Å². The standard InChI is InChI=1S/C13H10.C10H13ClO.C5H5.Ti/c1-3-7-12(8-4-1)11-13-9-5-2-6-10-13;1-10(2,3)7-4-8(11)6-9(12)5-7;1-2-4-5-3-1;/h1-10H;4-6,12H,1-3H3;1-3H,4H2;/q;;-1;+1. The van der Waals surface area contributed by atoms with Gasteiger partial charge in [0, 0.05) is 5.02 Å². The molecular weight excluding hydrogens is 436 g/mol. The molecule has 157 valence electrons. The quantitative estimate of drug-likeness (QED) is 0.309. The van der Waals surface area contributed by atoms with E-state index in [1.54, 1.807) is 6.07 Å². The molecule has 1 N–H and O–H groups in total. The molecule has 0 aliphatic heterocycles. The Bertz CT molecular complexity index is 944. The van der Waals surface area contributed by atoms with Crippen molar-refractivity contribution in [3.63, 3.8) is 0 Å². The van der Waals surface area contributed by atoms with Gasteiger partial charge in [-0.15, -0.1) is 6.42 Å². The Morgan fingerprint density at radius 2 is 1.45 bits per heavy atom. The molecule has 0 spiro atoms. The minimum atomic E-state index is 0.0301. The van der Waals surface area contributed by atoms with Crippen molar-refractivity contribution in [2.75, 3.05) is 0 Å². The number of rotatable bonds is 2. The molecule has 4 rings (SSSR count). The normalized spacial score (nSPS) is 11.8. The van der Waals surface area contributed by atoms with Crippen LogP contribution in [0, 0.1) is 6.08 Å². The molecule has 31 heavy (non-hydrogen) atoms. The summed E-state index contributed by atoms with van der Waals surface area (Å²) in [6.07, 6.45) is 10.0. The molecule has 0 heterocycles. The van der Waals surface area contributed by atoms with Gasteiger partial charge in [0.15, 0.2) is 0 Å². The average molecular weight is 464 g/mol. The Labute approximate surface area is 203 Å². The van der Waals surface area contributed by atoms with Crippen molar-refractivity contribution in [3.05, 3.63) is 125 Å². The van der Waals surface area contributed by atoms with Crippen molar-refractivity contribution >= 4 is 15.4 Å². The van der Waals surface area contributed by atoms with Crippen molar-refractivity contribution in [1.82, 2.24) is 0 Å². The molecule has 3 heteroatoms.